The number of fused-ring (bicyclic) bond motifs is 7. The van der Waals surface area contributed by atoms with E-state index in [-0.39, 0.29) is 28.5 Å². The van der Waals surface area contributed by atoms with Crippen LogP contribution in [0.25, 0.3) is 0 Å². The first-order chi connectivity index (χ1) is 14.7. The van der Waals surface area contributed by atoms with Gasteiger partial charge in [0.1, 0.15) is 0 Å². The minimum atomic E-state index is -0.158. The molecule has 0 heterocycles. The molecule has 5 rings (SSSR count). The van der Waals surface area contributed by atoms with Crippen LogP contribution in [0.5, 0.6) is 0 Å². The highest BCUT2D eigenvalue weighted by Gasteiger charge is 2.71. The van der Waals surface area contributed by atoms with Crippen molar-refractivity contribution in [1.82, 2.24) is 0 Å². The minimum Gasteiger partial charge on any atom is -0.393 e. The molecule has 0 aromatic rings. The van der Waals surface area contributed by atoms with Crippen molar-refractivity contribution in [2.75, 3.05) is 0 Å². The van der Waals surface area contributed by atoms with Crippen molar-refractivity contribution in [3.05, 3.63) is 0 Å². The molecule has 2 nitrogen and oxygen atoms in total. The third-order valence-corrected chi connectivity index (χ3v) is 14.1. The average Bonchev–Trinajstić information content (AvgIpc) is 2.70. The van der Waals surface area contributed by atoms with Gasteiger partial charge in [-0.15, -0.1) is 0 Å². The summed E-state index contributed by atoms with van der Waals surface area (Å²) in [7, 11) is 0. The molecule has 2 unspecified atom stereocenters. The Morgan fingerprint density at radius 1 is 0.625 bits per heavy atom. The molecule has 2 heteroatoms. The Bertz CT molecular complexity index is 760. The molecule has 32 heavy (non-hydrogen) atoms. The predicted octanol–water partition coefficient (Wildman–Crippen LogP) is 7.08. The van der Waals surface area contributed by atoms with Crippen LogP contribution in [0.4, 0.5) is 0 Å². The molecular formula is C30H52O2. The molecule has 0 aliphatic heterocycles. The summed E-state index contributed by atoms with van der Waals surface area (Å²) >= 11 is 0. The van der Waals surface area contributed by atoms with Crippen molar-refractivity contribution in [2.24, 2.45) is 62.6 Å². The van der Waals surface area contributed by atoms with Gasteiger partial charge in [0.15, 0.2) is 0 Å². The van der Waals surface area contributed by atoms with Crippen molar-refractivity contribution in [3.8, 4) is 0 Å². The summed E-state index contributed by atoms with van der Waals surface area (Å²) in [6.07, 6.45) is 10.6. The van der Waals surface area contributed by atoms with Gasteiger partial charge in [0, 0.05) is 0 Å². The topological polar surface area (TPSA) is 40.5 Å². The highest BCUT2D eigenvalue weighted by Crippen LogP contribution is 2.76. The minimum absolute atomic E-state index is 0.0179. The van der Waals surface area contributed by atoms with Gasteiger partial charge in [-0.3, -0.25) is 0 Å². The standard InChI is InChI=1S/C30H52O2/c1-18-11-14-28(6)24(32)17-30(8)20(25(28)19(18)2)9-10-22-27(5)15-13-23(31)26(3,4)21(27)12-16-29(22,30)7/h18-25,31-32H,9-17H2,1-8H3/t18-,19+,20-,21+,22-,23?,24?,25+,27+,28-,29-,30-/m1/s1. The van der Waals surface area contributed by atoms with Gasteiger partial charge in [0.05, 0.1) is 12.2 Å². The molecule has 0 aromatic carbocycles. The molecule has 5 saturated carbocycles. The van der Waals surface area contributed by atoms with Crippen LogP contribution in [0.3, 0.4) is 0 Å². The van der Waals surface area contributed by atoms with E-state index < -0.39 is 0 Å². The summed E-state index contributed by atoms with van der Waals surface area (Å²) in [5.74, 6) is 4.23. The molecule has 2 N–H and O–H groups in total. The van der Waals surface area contributed by atoms with Crippen LogP contribution in [0.2, 0.25) is 0 Å². The van der Waals surface area contributed by atoms with Crippen LogP contribution >= 0.6 is 0 Å². The van der Waals surface area contributed by atoms with Crippen LogP contribution in [-0.4, -0.2) is 22.4 Å². The fraction of sp³-hybridized carbons (Fsp3) is 1.00. The maximum Gasteiger partial charge on any atom is 0.0602 e. The molecule has 5 aliphatic rings. The number of aliphatic hydroxyl groups is 2. The van der Waals surface area contributed by atoms with Crippen LogP contribution < -0.4 is 0 Å². The molecule has 0 amide bonds. The number of rotatable bonds is 0. The fourth-order valence-electron chi connectivity index (χ4n) is 11.7. The second kappa shape index (κ2) is 6.99. The van der Waals surface area contributed by atoms with Crippen LogP contribution in [-0.2, 0) is 0 Å². The normalized spacial score (nSPS) is 61.7. The second-order valence-electron chi connectivity index (χ2n) is 15.2. The fourth-order valence-corrected chi connectivity index (χ4v) is 11.7. The number of hydrogen-bond donors (Lipinski definition) is 2. The Morgan fingerprint density at radius 2 is 1.28 bits per heavy atom. The van der Waals surface area contributed by atoms with E-state index in [1.54, 1.807) is 0 Å². The first kappa shape index (κ1) is 23.7. The Labute approximate surface area is 198 Å². The van der Waals surface area contributed by atoms with Gasteiger partial charge in [0.2, 0.25) is 0 Å². The number of hydrogen-bond acceptors (Lipinski definition) is 2. The monoisotopic (exact) mass is 444 g/mol. The average molecular weight is 445 g/mol. The lowest BCUT2D eigenvalue weighted by Gasteiger charge is -2.74. The highest BCUT2D eigenvalue weighted by atomic mass is 16.3. The van der Waals surface area contributed by atoms with E-state index in [1.807, 2.05) is 0 Å². The zero-order chi connectivity index (χ0) is 23.5. The van der Waals surface area contributed by atoms with Crippen LogP contribution in [0.1, 0.15) is 113 Å². The molecule has 0 aromatic heterocycles. The summed E-state index contributed by atoms with van der Waals surface area (Å²) in [4.78, 5) is 0. The summed E-state index contributed by atoms with van der Waals surface area (Å²) in [6, 6.07) is 0. The summed E-state index contributed by atoms with van der Waals surface area (Å²) in [6.45, 7) is 20.0. The smallest absolute Gasteiger partial charge is 0.0602 e. The SMILES string of the molecule is C[C@@H]1[C@H]2[C@H]3CC[C@@H]4[C@@]5(C)CCC(O)C(C)(C)[C@@H]5CC[C@@]4(C)[C@]3(C)CC(O)[C@@]2(C)CC[C@H]1C. The predicted molar refractivity (Wildman–Crippen MR) is 132 cm³/mol. The summed E-state index contributed by atoms with van der Waals surface area (Å²) < 4.78 is 0. The Morgan fingerprint density at radius 3 is 1.97 bits per heavy atom. The third kappa shape index (κ3) is 2.66. The first-order valence-corrected chi connectivity index (χ1v) is 14.1. The lowest BCUT2D eigenvalue weighted by molar-refractivity contribution is -0.275. The van der Waals surface area contributed by atoms with Gasteiger partial charge >= 0.3 is 0 Å². The van der Waals surface area contributed by atoms with E-state index in [0.717, 1.165) is 30.6 Å². The largest absolute Gasteiger partial charge is 0.393 e. The van der Waals surface area contributed by atoms with E-state index in [1.165, 1.54) is 44.9 Å². The van der Waals surface area contributed by atoms with Crippen LogP contribution in [0, 0.1) is 62.6 Å². The molecule has 12 atom stereocenters. The lowest BCUT2D eigenvalue weighted by atomic mass is 9.31. The Balaban J connectivity index is 1.56. The quantitative estimate of drug-likeness (QED) is 0.419. The van der Waals surface area contributed by atoms with E-state index >= 15 is 0 Å². The maximum absolute atomic E-state index is 11.8. The van der Waals surface area contributed by atoms with Gasteiger partial charge < -0.3 is 10.2 Å². The van der Waals surface area contributed by atoms with Gasteiger partial charge in [-0.25, -0.2) is 0 Å². The molecule has 0 bridgehead atoms. The third-order valence-electron chi connectivity index (χ3n) is 14.1. The van der Waals surface area contributed by atoms with Gasteiger partial charge in [0.25, 0.3) is 0 Å². The van der Waals surface area contributed by atoms with Gasteiger partial charge in [-0.1, -0.05) is 55.4 Å². The van der Waals surface area contributed by atoms with Crippen molar-refractivity contribution >= 4 is 0 Å². The van der Waals surface area contributed by atoms with Crippen LogP contribution in [0.15, 0.2) is 0 Å². The van der Waals surface area contributed by atoms with E-state index in [9.17, 15) is 10.2 Å². The zero-order valence-corrected chi connectivity index (χ0v) is 22.4. The molecule has 0 radical (unpaired) electrons. The molecular weight excluding hydrogens is 392 g/mol. The van der Waals surface area contributed by atoms with Crippen molar-refractivity contribution in [3.63, 3.8) is 0 Å². The van der Waals surface area contributed by atoms with E-state index in [2.05, 4.69) is 55.4 Å². The molecule has 0 spiro atoms. The van der Waals surface area contributed by atoms with E-state index in [4.69, 9.17) is 0 Å². The lowest BCUT2D eigenvalue weighted by Crippen LogP contribution is -2.69. The van der Waals surface area contributed by atoms with Gasteiger partial charge in [-0.05, 0) is 120 Å². The number of aliphatic hydroxyl groups excluding tert-OH is 2. The van der Waals surface area contributed by atoms with Crippen molar-refractivity contribution in [2.45, 2.75) is 125 Å². The molecule has 5 aliphatic carbocycles. The summed E-state index contributed by atoms with van der Waals surface area (Å²) in [5.41, 5.74) is 0.962. The second-order valence-corrected chi connectivity index (χ2v) is 15.2. The Kier molecular flexibility index (Phi) is 5.17. The highest BCUT2D eigenvalue weighted by molar-refractivity contribution is 5.19. The van der Waals surface area contributed by atoms with Crippen molar-refractivity contribution < 1.29 is 10.2 Å². The van der Waals surface area contributed by atoms with Crippen molar-refractivity contribution in [1.29, 1.82) is 0 Å². The zero-order valence-electron chi connectivity index (χ0n) is 22.4. The molecule has 184 valence electrons. The maximum atomic E-state index is 11.8. The van der Waals surface area contributed by atoms with E-state index in [0.29, 0.717) is 28.6 Å². The first-order valence-electron chi connectivity index (χ1n) is 14.1. The molecule has 5 fully saturated rings. The summed E-state index contributed by atoms with van der Waals surface area (Å²) in [5, 5.41) is 22.7. The molecule has 0 saturated heterocycles. The Hall–Kier alpha value is -0.0800. The van der Waals surface area contributed by atoms with Gasteiger partial charge in [-0.2, -0.15) is 0 Å².